The van der Waals surface area contributed by atoms with Crippen LogP contribution in [0.5, 0.6) is 5.75 Å². The van der Waals surface area contributed by atoms with Gasteiger partial charge in [0.1, 0.15) is 17.1 Å². The van der Waals surface area contributed by atoms with Crippen molar-refractivity contribution in [3.05, 3.63) is 29.3 Å². The van der Waals surface area contributed by atoms with Crippen molar-refractivity contribution < 1.29 is 33.5 Å². The maximum Gasteiger partial charge on any atom is 0.526 e. The summed E-state index contributed by atoms with van der Waals surface area (Å²) in [6, 6.07) is 4.96. The SMILES string of the molecule is CCC(=O)C[C@H]1Cc2cccc(C(=O)OCOC(=O)CC)c2OB1O. The predicted octanol–water partition coefficient (Wildman–Crippen LogP) is 1.91. The fourth-order valence-electron chi connectivity index (χ4n) is 2.58. The molecule has 25 heavy (non-hydrogen) atoms. The number of hydrogen-bond donors (Lipinski definition) is 1. The second kappa shape index (κ2) is 8.66. The summed E-state index contributed by atoms with van der Waals surface area (Å²) in [5.41, 5.74) is 0.864. The van der Waals surface area contributed by atoms with Crippen molar-refractivity contribution in [1.29, 1.82) is 0 Å². The Kier molecular flexibility index (Phi) is 6.58. The number of benzene rings is 1. The fourth-order valence-corrected chi connectivity index (χ4v) is 2.58. The first kappa shape index (κ1) is 19.0. The van der Waals surface area contributed by atoms with Crippen LogP contribution in [0, 0.1) is 0 Å². The minimum atomic E-state index is -1.17. The lowest BCUT2D eigenvalue weighted by atomic mass is 9.64. The summed E-state index contributed by atoms with van der Waals surface area (Å²) in [7, 11) is -1.17. The Hall–Kier alpha value is -2.35. The average molecular weight is 348 g/mol. The highest BCUT2D eigenvalue weighted by atomic mass is 16.7. The van der Waals surface area contributed by atoms with E-state index in [1.165, 1.54) is 6.07 Å². The highest BCUT2D eigenvalue weighted by molar-refractivity contribution is 6.47. The summed E-state index contributed by atoms with van der Waals surface area (Å²) >= 11 is 0. The minimum Gasteiger partial charge on any atom is -0.535 e. The lowest BCUT2D eigenvalue weighted by Gasteiger charge is -2.28. The zero-order valence-electron chi connectivity index (χ0n) is 14.3. The van der Waals surface area contributed by atoms with Crippen LogP contribution in [0.1, 0.15) is 49.0 Å². The van der Waals surface area contributed by atoms with Crippen molar-refractivity contribution in [2.45, 2.75) is 45.3 Å². The largest absolute Gasteiger partial charge is 0.535 e. The smallest absolute Gasteiger partial charge is 0.526 e. The second-order valence-electron chi connectivity index (χ2n) is 5.78. The zero-order valence-corrected chi connectivity index (χ0v) is 14.3. The van der Waals surface area contributed by atoms with Gasteiger partial charge in [0, 0.05) is 25.1 Å². The molecule has 0 amide bonds. The summed E-state index contributed by atoms with van der Waals surface area (Å²) in [5, 5.41) is 10.2. The Morgan fingerprint density at radius 3 is 2.68 bits per heavy atom. The molecule has 1 N–H and O–H groups in total. The van der Waals surface area contributed by atoms with Gasteiger partial charge in [0.25, 0.3) is 0 Å². The number of Topliss-reactive ketones (excluding diaryl/α,β-unsaturated/α-hetero) is 1. The number of carbonyl (C=O) groups excluding carboxylic acids is 3. The van der Waals surface area contributed by atoms with Crippen molar-refractivity contribution in [2.75, 3.05) is 6.79 Å². The summed E-state index contributed by atoms with van der Waals surface area (Å²) in [6.07, 6.45) is 1.23. The Morgan fingerprint density at radius 2 is 2.00 bits per heavy atom. The van der Waals surface area contributed by atoms with E-state index in [2.05, 4.69) is 0 Å². The van der Waals surface area contributed by atoms with Crippen LogP contribution in [0.25, 0.3) is 0 Å². The first-order chi connectivity index (χ1) is 12.0. The van der Waals surface area contributed by atoms with E-state index in [1.54, 1.807) is 26.0 Å². The molecule has 1 aliphatic rings. The van der Waals surface area contributed by atoms with Crippen LogP contribution in [-0.4, -0.2) is 36.7 Å². The van der Waals surface area contributed by atoms with Crippen LogP contribution < -0.4 is 4.65 Å². The Balaban J connectivity index is 2.09. The van der Waals surface area contributed by atoms with Crippen LogP contribution >= 0.6 is 0 Å². The second-order valence-corrected chi connectivity index (χ2v) is 5.78. The molecule has 0 saturated heterocycles. The number of hydrogen-bond acceptors (Lipinski definition) is 7. The number of rotatable bonds is 7. The van der Waals surface area contributed by atoms with Crippen LogP contribution in [0.15, 0.2) is 18.2 Å². The third-order valence-electron chi connectivity index (χ3n) is 4.02. The number of esters is 2. The maximum atomic E-state index is 12.2. The van der Waals surface area contributed by atoms with Crippen LogP contribution in [-0.2, 0) is 25.5 Å². The van der Waals surface area contributed by atoms with Crippen molar-refractivity contribution >= 4 is 24.8 Å². The van der Waals surface area contributed by atoms with Crippen molar-refractivity contribution in [3.8, 4) is 5.75 Å². The molecule has 1 heterocycles. The summed E-state index contributed by atoms with van der Waals surface area (Å²) in [6.45, 7) is 2.92. The van der Waals surface area contributed by atoms with Gasteiger partial charge in [-0.05, 0) is 18.1 Å². The molecule has 0 fully saturated rings. The summed E-state index contributed by atoms with van der Waals surface area (Å²) in [4.78, 5) is 34.9. The van der Waals surface area contributed by atoms with Crippen molar-refractivity contribution in [1.82, 2.24) is 0 Å². The highest BCUT2D eigenvalue weighted by Gasteiger charge is 2.37. The van der Waals surface area contributed by atoms with Gasteiger partial charge in [-0.2, -0.15) is 0 Å². The normalized spacial score (nSPS) is 15.8. The van der Waals surface area contributed by atoms with Gasteiger partial charge in [0.2, 0.25) is 6.79 Å². The van der Waals surface area contributed by atoms with Crippen LogP contribution in [0.3, 0.4) is 0 Å². The molecule has 1 atom stereocenters. The number of ether oxygens (including phenoxy) is 2. The van der Waals surface area contributed by atoms with E-state index in [-0.39, 0.29) is 35.8 Å². The van der Waals surface area contributed by atoms with Crippen LogP contribution in [0.2, 0.25) is 5.82 Å². The van der Waals surface area contributed by atoms with Crippen LogP contribution in [0.4, 0.5) is 0 Å². The fraction of sp³-hybridized carbons (Fsp3) is 0.471. The molecule has 8 heteroatoms. The molecule has 0 unspecified atom stereocenters. The van der Waals surface area contributed by atoms with E-state index < -0.39 is 25.8 Å². The monoisotopic (exact) mass is 348 g/mol. The van der Waals surface area contributed by atoms with Crippen molar-refractivity contribution in [2.24, 2.45) is 0 Å². The Bertz CT molecular complexity index is 658. The van der Waals surface area contributed by atoms with Gasteiger partial charge in [0.05, 0.1) is 0 Å². The molecule has 0 aromatic heterocycles. The third kappa shape index (κ3) is 4.82. The lowest BCUT2D eigenvalue weighted by molar-refractivity contribution is -0.151. The summed E-state index contributed by atoms with van der Waals surface area (Å²) < 4.78 is 15.1. The third-order valence-corrected chi connectivity index (χ3v) is 4.02. The molecule has 0 radical (unpaired) electrons. The molecule has 0 saturated carbocycles. The Morgan fingerprint density at radius 1 is 1.24 bits per heavy atom. The predicted molar refractivity (Wildman–Crippen MR) is 89.1 cm³/mol. The lowest BCUT2D eigenvalue weighted by Crippen LogP contribution is -2.35. The number of ketones is 1. The number of fused-ring (bicyclic) bond motifs is 1. The number of carbonyl (C=O) groups is 3. The van der Waals surface area contributed by atoms with Gasteiger partial charge in [-0.25, -0.2) is 4.79 Å². The van der Waals surface area contributed by atoms with Crippen molar-refractivity contribution in [3.63, 3.8) is 0 Å². The topological polar surface area (TPSA) is 99.1 Å². The van der Waals surface area contributed by atoms with E-state index in [4.69, 9.17) is 14.1 Å². The minimum absolute atomic E-state index is 0.0457. The van der Waals surface area contributed by atoms with E-state index in [0.29, 0.717) is 12.8 Å². The molecule has 0 spiro atoms. The van der Waals surface area contributed by atoms with Gasteiger partial charge in [-0.1, -0.05) is 26.0 Å². The number of para-hydroxylation sites is 1. The van der Waals surface area contributed by atoms with Gasteiger partial charge in [0.15, 0.2) is 0 Å². The molecular weight excluding hydrogens is 327 g/mol. The Labute approximate surface area is 146 Å². The van der Waals surface area contributed by atoms with E-state index in [1.807, 2.05) is 0 Å². The van der Waals surface area contributed by atoms with Gasteiger partial charge < -0.3 is 19.2 Å². The van der Waals surface area contributed by atoms with Gasteiger partial charge in [-0.3, -0.25) is 9.59 Å². The van der Waals surface area contributed by atoms with E-state index in [9.17, 15) is 19.4 Å². The van der Waals surface area contributed by atoms with E-state index >= 15 is 0 Å². The van der Waals surface area contributed by atoms with Gasteiger partial charge in [-0.15, -0.1) is 0 Å². The molecule has 0 bridgehead atoms. The molecule has 0 aliphatic carbocycles. The van der Waals surface area contributed by atoms with E-state index in [0.717, 1.165) is 5.56 Å². The average Bonchev–Trinajstić information content (AvgIpc) is 2.61. The maximum absolute atomic E-state index is 12.2. The first-order valence-electron chi connectivity index (χ1n) is 8.27. The molecule has 1 aliphatic heterocycles. The molecule has 7 nitrogen and oxygen atoms in total. The highest BCUT2D eigenvalue weighted by Crippen LogP contribution is 2.36. The quantitative estimate of drug-likeness (QED) is 0.456. The first-order valence-corrected chi connectivity index (χ1v) is 8.27. The van der Waals surface area contributed by atoms with Gasteiger partial charge >= 0.3 is 19.1 Å². The zero-order chi connectivity index (χ0) is 18.4. The molecular formula is C17H21BO7. The molecule has 2 rings (SSSR count). The molecule has 1 aromatic carbocycles. The standard InChI is InChI=1S/C17H21BO7/c1-3-13(19)9-12-8-11-6-5-7-14(16(11)25-18(12)22)17(21)24-10-23-15(20)4-2/h5-7,12,22H,3-4,8-10H2,1-2H3/t12-/m1/s1. The molecule has 134 valence electrons. The summed E-state index contributed by atoms with van der Waals surface area (Å²) in [5.74, 6) is -1.25. The molecule has 1 aromatic rings.